The van der Waals surface area contributed by atoms with Gasteiger partial charge >= 0.3 is 5.97 Å². The fourth-order valence-electron chi connectivity index (χ4n) is 2.79. The summed E-state index contributed by atoms with van der Waals surface area (Å²) >= 11 is 0. The Balaban J connectivity index is 1.72. The Morgan fingerprint density at radius 3 is 2.41 bits per heavy atom. The highest BCUT2D eigenvalue weighted by Gasteiger charge is 2.17. The highest BCUT2D eigenvalue weighted by Crippen LogP contribution is 2.19. The lowest BCUT2D eigenvalue weighted by Gasteiger charge is -2.09. The number of ketones is 1. The normalized spacial score (nSPS) is 11.9. The zero-order valence-corrected chi connectivity index (χ0v) is 15.2. The molecule has 6 nitrogen and oxygen atoms in total. The van der Waals surface area contributed by atoms with E-state index in [0.717, 1.165) is 12.0 Å². The molecular formula is C21H20N2O4. The van der Waals surface area contributed by atoms with Crippen molar-refractivity contribution >= 4 is 22.5 Å². The van der Waals surface area contributed by atoms with Crippen molar-refractivity contribution in [3.63, 3.8) is 0 Å². The molecule has 1 atom stereocenters. The molecule has 0 bridgehead atoms. The summed E-state index contributed by atoms with van der Waals surface area (Å²) in [5, 5.41) is 6.77. The van der Waals surface area contributed by atoms with Crippen LogP contribution in [-0.2, 0) is 4.74 Å². The number of hydrogen-bond donors (Lipinski definition) is 1. The van der Waals surface area contributed by atoms with E-state index >= 15 is 0 Å². The highest BCUT2D eigenvalue weighted by atomic mass is 16.5. The number of carbonyl (C=O) groups is 2. The zero-order valence-electron chi connectivity index (χ0n) is 15.2. The minimum absolute atomic E-state index is 0.0230. The van der Waals surface area contributed by atoms with E-state index in [1.807, 2.05) is 12.1 Å². The summed E-state index contributed by atoms with van der Waals surface area (Å²) in [5.74, 6) is -0.633. The molecule has 1 heterocycles. The summed E-state index contributed by atoms with van der Waals surface area (Å²) < 4.78 is 5.12. The lowest BCUT2D eigenvalue weighted by Crippen LogP contribution is -2.19. The molecule has 138 valence electrons. The summed E-state index contributed by atoms with van der Waals surface area (Å²) in [6.07, 6.45) is 1.02. The van der Waals surface area contributed by atoms with Gasteiger partial charge in [0.15, 0.2) is 18.1 Å². The Bertz CT molecular complexity index is 1040. The Labute approximate surface area is 156 Å². The van der Waals surface area contributed by atoms with Gasteiger partial charge in [0.25, 0.3) is 5.56 Å². The molecule has 2 aromatic carbocycles. The molecule has 0 aliphatic heterocycles. The first kappa shape index (κ1) is 18.5. The van der Waals surface area contributed by atoms with Crippen LogP contribution in [0.5, 0.6) is 0 Å². The van der Waals surface area contributed by atoms with Crippen LogP contribution < -0.4 is 5.56 Å². The molecule has 0 amide bonds. The van der Waals surface area contributed by atoms with Crippen LogP contribution in [0.1, 0.15) is 52.6 Å². The van der Waals surface area contributed by atoms with Crippen LogP contribution in [0.15, 0.2) is 53.3 Å². The number of nitrogens with one attached hydrogen (secondary N) is 1. The Morgan fingerprint density at radius 1 is 1.07 bits per heavy atom. The first-order valence-electron chi connectivity index (χ1n) is 8.79. The maximum Gasteiger partial charge on any atom is 0.359 e. The smallest absolute Gasteiger partial charge is 0.359 e. The number of aromatic nitrogens is 2. The number of carbonyl (C=O) groups excluding carboxylic acids is 2. The molecule has 0 aliphatic rings. The third kappa shape index (κ3) is 3.95. The van der Waals surface area contributed by atoms with Gasteiger partial charge in [0.2, 0.25) is 0 Å². The maximum absolute atomic E-state index is 12.3. The lowest BCUT2D eigenvalue weighted by molar-refractivity contribution is 0.0470. The van der Waals surface area contributed by atoms with Crippen LogP contribution in [0.2, 0.25) is 0 Å². The molecule has 0 radical (unpaired) electrons. The molecule has 0 saturated carbocycles. The van der Waals surface area contributed by atoms with Crippen molar-refractivity contribution in [3.8, 4) is 0 Å². The van der Waals surface area contributed by atoms with Gasteiger partial charge in [-0.2, -0.15) is 5.10 Å². The molecule has 0 aliphatic carbocycles. The van der Waals surface area contributed by atoms with Crippen LogP contribution >= 0.6 is 0 Å². The van der Waals surface area contributed by atoms with E-state index in [2.05, 4.69) is 24.0 Å². The Morgan fingerprint density at radius 2 is 1.74 bits per heavy atom. The van der Waals surface area contributed by atoms with Crippen molar-refractivity contribution in [2.45, 2.75) is 26.2 Å². The number of hydrogen-bond acceptors (Lipinski definition) is 5. The molecule has 0 saturated heterocycles. The molecule has 1 aromatic heterocycles. The Kier molecular flexibility index (Phi) is 5.45. The summed E-state index contributed by atoms with van der Waals surface area (Å²) in [6.45, 7) is 3.84. The molecule has 3 aromatic rings. The minimum Gasteiger partial charge on any atom is -0.452 e. The van der Waals surface area contributed by atoms with Crippen molar-refractivity contribution in [2.24, 2.45) is 0 Å². The summed E-state index contributed by atoms with van der Waals surface area (Å²) in [6, 6.07) is 13.9. The molecule has 3 rings (SSSR count). The molecule has 0 unspecified atom stereocenters. The van der Waals surface area contributed by atoms with Gasteiger partial charge < -0.3 is 4.74 Å². The van der Waals surface area contributed by atoms with Crippen LogP contribution in [0.4, 0.5) is 0 Å². The topological polar surface area (TPSA) is 89.1 Å². The minimum atomic E-state index is -0.757. The molecule has 1 N–H and O–H groups in total. The van der Waals surface area contributed by atoms with Gasteiger partial charge in [0.1, 0.15) is 0 Å². The van der Waals surface area contributed by atoms with Gasteiger partial charge in [-0.1, -0.05) is 56.3 Å². The van der Waals surface area contributed by atoms with Crippen molar-refractivity contribution in [1.82, 2.24) is 10.2 Å². The van der Waals surface area contributed by atoms with E-state index in [-0.39, 0.29) is 17.0 Å². The average Bonchev–Trinajstić information content (AvgIpc) is 2.71. The van der Waals surface area contributed by atoms with Crippen LogP contribution in [0.3, 0.4) is 0 Å². The van der Waals surface area contributed by atoms with Gasteiger partial charge in [-0.05, 0) is 24.0 Å². The molecular weight excluding hydrogens is 344 g/mol. The number of rotatable bonds is 6. The fourth-order valence-corrected chi connectivity index (χ4v) is 2.79. The number of ether oxygens (including phenoxy) is 1. The number of H-pyrrole nitrogens is 1. The van der Waals surface area contributed by atoms with Gasteiger partial charge in [-0.3, -0.25) is 9.59 Å². The quantitative estimate of drug-likeness (QED) is 0.534. The van der Waals surface area contributed by atoms with Gasteiger partial charge in [-0.25, -0.2) is 9.89 Å². The van der Waals surface area contributed by atoms with E-state index in [4.69, 9.17) is 4.74 Å². The van der Waals surface area contributed by atoms with Crippen molar-refractivity contribution < 1.29 is 14.3 Å². The maximum atomic E-state index is 12.3. The van der Waals surface area contributed by atoms with Crippen molar-refractivity contribution in [2.75, 3.05) is 6.61 Å². The van der Waals surface area contributed by atoms with Crippen LogP contribution in [-0.4, -0.2) is 28.6 Å². The number of nitrogens with zero attached hydrogens (tertiary/aromatic N) is 1. The second-order valence-electron chi connectivity index (χ2n) is 6.38. The second-order valence-corrected chi connectivity index (χ2v) is 6.38. The molecule has 6 heteroatoms. The van der Waals surface area contributed by atoms with Crippen molar-refractivity contribution in [1.29, 1.82) is 0 Å². The number of benzene rings is 2. The largest absolute Gasteiger partial charge is 0.452 e. The standard InChI is InChI=1S/C21H20N2O4/c1-3-13(2)14-8-10-15(11-9-14)18(24)12-27-21(26)19-16-6-4-5-7-17(16)20(25)23-22-19/h4-11,13H,3,12H2,1-2H3,(H,23,25)/t13-/m0/s1. The van der Waals surface area contributed by atoms with Gasteiger partial charge in [-0.15, -0.1) is 0 Å². The van der Waals surface area contributed by atoms with E-state index in [1.54, 1.807) is 36.4 Å². The van der Waals surface area contributed by atoms with Crippen LogP contribution in [0.25, 0.3) is 10.8 Å². The molecule has 0 fully saturated rings. The van der Waals surface area contributed by atoms with Crippen LogP contribution in [0, 0.1) is 0 Å². The van der Waals surface area contributed by atoms with Gasteiger partial charge in [0, 0.05) is 10.9 Å². The predicted molar refractivity (Wildman–Crippen MR) is 102 cm³/mol. The van der Waals surface area contributed by atoms with Crippen molar-refractivity contribution in [3.05, 3.63) is 75.7 Å². The lowest BCUT2D eigenvalue weighted by atomic mass is 9.97. The van der Waals surface area contributed by atoms with E-state index in [1.165, 1.54) is 0 Å². The number of aromatic amines is 1. The monoisotopic (exact) mass is 364 g/mol. The third-order valence-electron chi connectivity index (χ3n) is 4.64. The first-order chi connectivity index (χ1) is 13.0. The van der Waals surface area contributed by atoms with E-state index < -0.39 is 12.6 Å². The first-order valence-corrected chi connectivity index (χ1v) is 8.79. The average molecular weight is 364 g/mol. The summed E-state index contributed by atoms with van der Waals surface area (Å²) in [5.41, 5.74) is 1.23. The fraction of sp³-hybridized carbons (Fsp3) is 0.238. The second kappa shape index (κ2) is 7.95. The van der Waals surface area contributed by atoms with E-state index in [9.17, 15) is 14.4 Å². The summed E-state index contributed by atoms with van der Waals surface area (Å²) in [4.78, 5) is 36.4. The predicted octanol–water partition coefficient (Wildman–Crippen LogP) is 3.48. The molecule has 27 heavy (non-hydrogen) atoms. The summed E-state index contributed by atoms with van der Waals surface area (Å²) in [7, 11) is 0. The highest BCUT2D eigenvalue weighted by molar-refractivity contribution is 6.04. The van der Waals surface area contributed by atoms with E-state index in [0.29, 0.717) is 22.3 Å². The number of esters is 1. The SMILES string of the molecule is CC[C@H](C)c1ccc(C(=O)COC(=O)c2n[nH]c(=O)c3ccccc23)cc1. The number of fused-ring (bicyclic) bond motifs is 1. The number of Topliss-reactive ketones (excluding diaryl/α,β-unsaturated/α-hetero) is 1. The Hall–Kier alpha value is -3.28. The zero-order chi connectivity index (χ0) is 19.4. The third-order valence-corrected chi connectivity index (χ3v) is 4.64. The molecule has 0 spiro atoms. The van der Waals surface area contributed by atoms with Gasteiger partial charge in [0.05, 0.1) is 5.39 Å².